The third-order valence-electron chi connectivity index (χ3n) is 8.43. The molecule has 9 N–H and O–H groups in total. The molecule has 1 fully saturated rings. The van der Waals surface area contributed by atoms with E-state index in [-0.39, 0.29) is 31.0 Å². The van der Waals surface area contributed by atoms with Gasteiger partial charge in [0.2, 0.25) is 29.5 Å². The van der Waals surface area contributed by atoms with E-state index in [1.807, 2.05) is 53.8 Å². The normalized spacial score (nSPS) is 16.4. The van der Waals surface area contributed by atoms with Gasteiger partial charge in [-0.1, -0.05) is 48.5 Å². The maximum atomic E-state index is 13.6. The van der Waals surface area contributed by atoms with E-state index in [0.29, 0.717) is 12.1 Å². The average Bonchev–Trinajstić information content (AvgIpc) is 3.37. The Hall–Kier alpha value is -5.32. The number of thioether (sulfide) groups is 1. The third kappa shape index (κ3) is 7.77. The number of carbonyl (C=O) groups is 7. The molecule has 1 saturated heterocycles. The Morgan fingerprint density at radius 2 is 1.54 bits per heavy atom. The smallest absolute Gasteiger partial charge is 0.326 e. The molecule has 0 radical (unpaired) electrons. The van der Waals surface area contributed by atoms with Gasteiger partial charge in [0.25, 0.3) is 0 Å². The molecule has 1 aliphatic heterocycles. The van der Waals surface area contributed by atoms with Gasteiger partial charge in [0.05, 0.1) is 29.9 Å². The molecule has 0 bridgehead atoms. The van der Waals surface area contributed by atoms with E-state index in [1.165, 1.54) is 4.90 Å². The highest BCUT2D eigenvalue weighted by molar-refractivity contribution is 8.00. The number of rotatable bonds is 16. The Bertz CT molecular complexity index is 1970. The summed E-state index contributed by atoms with van der Waals surface area (Å²) in [5.41, 5.74) is 12.2. The fourth-order valence-electron chi connectivity index (χ4n) is 5.98. The van der Waals surface area contributed by atoms with E-state index in [9.17, 15) is 33.6 Å². The molecule has 0 saturated carbocycles. The lowest BCUT2D eigenvalue weighted by molar-refractivity contribution is -0.147. The number of anilines is 1. The number of hydrogen-bond acceptors (Lipinski definition) is 10. The maximum Gasteiger partial charge on any atom is 0.326 e. The molecule has 262 valence electrons. The summed E-state index contributed by atoms with van der Waals surface area (Å²) in [7, 11) is 0. The van der Waals surface area contributed by atoms with E-state index in [0.717, 1.165) is 44.1 Å². The summed E-state index contributed by atoms with van der Waals surface area (Å²) < 4.78 is 0. The number of amides is 5. The number of carboxylic acid groups (broad SMARTS) is 2. The van der Waals surface area contributed by atoms with Crippen LogP contribution in [-0.2, 0) is 33.6 Å². The van der Waals surface area contributed by atoms with E-state index in [2.05, 4.69) is 10.6 Å². The molecule has 4 aromatic rings. The highest BCUT2D eigenvalue weighted by Gasteiger charge is 2.41. The Labute approximate surface area is 289 Å². The van der Waals surface area contributed by atoms with Crippen LogP contribution < -0.4 is 32.3 Å². The molecule has 0 aliphatic carbocycles. The zero-order chi connectivity index (χ0) is 36.1. The summed E-state index contributed by atoms with van der Waals surface area (Å²) >= 11 is 1.06. The first-order valence-electron chi connectivity index (χ1n) is 15.8. The van der Waals surface area contributed by atoms with Crippen molar-refractivity contribution in [3.8, 4) is 0 Å². The highest BCUT2D eigenvalue weighted by atomic mass is 32.2. The summed E-state index contributed by atoms with van der Waals surface area (Å²) in [4.78, 5) is 88.1. The van der Waals surface area contributed by atoms with Gasteiger partial charge in [-0.15, -0.1) is 11.8 Å². The Morgan fingerprint density at radius 3 is 2.20 bits per heavy atom. The number of carboxylic acids is 2. The number of nitrogens with zero attached hydrogens (tertiary/aromatic N) is 1. The van der Waals surface area contributed by atoms with Crippen molar-refractivity contribution in [2.24, 2.45) is 11.5 Å². The molecule has 4 aromatic carbocycles. The second kappa shape index (κ2) is 15.5. The first kappa shape index (κ1) is 36.0. The van der Waals surface area contributed by atoms with E-state index < -0.39 is 71.9 Å². The fraction of sp³-hybridized carbons (Fsp3) is 0.324. The molecule has 5 amide bonds. The number of nitrogens with two attached hydrogens (primary N) is 2. The largest absolute Gasteiger partial charge is 0.481 e. The standard InChI is InChI=1S/C34H36N6O9S/c35-12-2-5-22(32(46)37-15-26(41)38-23(34(48)49)13-28(43)44)39-31(45)21(36)16-50-25-14-27(42)40(33(25)47)24-11-9-19-7-6-17-3-1-4-18-8-10-20(24)30(19)29(17)18/h1,3-4,6-11,21-23,25H,2,5,12-16,35-36H2,(H,37,46)(H,38,41)(H,39,45)(H,43,44)(H,48,49)/t21-,22-,23-,25?/m0/s1. The van der Waals surface area contributed by atoms with Crippen LogP contribution >= 0.6 is 11.8 Å². The zero-order valence-corrected chi connectivity index (χ0v) is 27.5. The predicted molar refractivity (Wildman–Crippen MR) is 187 cm³/mol. The molecule has 1 heterocycles. The van der Waals surface area contributed by atoms with Crippen molar-refractivity contribution in [2.45, 2.75) is 49.1 Å². The topological polar surface area (TPSA) is 251 Å². The van der Waals surface area contributed by atoms with Crippen molar-refractivity contribution in [1.82, 2.24) is 16.0 Å². The van der Waals surface area contributed by atoms with E-state index in [1.54, 1.807) is 6.07 Å². The first-order valence-corrected chi connectivity index (χ1v) is 16.9. The number of aliphatic carboxylic acids is 2. The molecule has 4 atom stereocenters. The van der Waals surface area contributed by atoms with Crippen molar-refractivity contribution in [2.75, 3.05) is 23.7 Å². The molecule has 0 spiro atoms. The van der Waals surface area contributed by atoms with Crippen LogP contribution in [-0.4, -0.2) is 93.9 Å². The maximum absolute atomic E-state index is 13.6. The number of carbonyl (C=O) groups excluding carboxylic acids is 5. The minimum atomic E-state index is -1.70. The molecule has 16 heteroatoms. The minimum Gasteiger partial charge on any atom is -0.481 e. The summed E-state index contributed by atoms with van der Waals surface area (Å²) in [5, 5.41) is 29.8. The van der Waals surface area contributed by atoms with Crippen LogP contribution in [0.3, 0.4) is 0 Å². The average molecular weight is 705 g/mol. The van der Waals surface area contributed by atoms with Crippen LogP contribution in [0.2, 0.25) is 0 Å². The number of hydrogen-bond donors (Lipinski definition) is 7. The summed E-state index contributed by atoms with van der Waals surface area (Å²) in [6, 6.07) is 13.6. The number of nitrogens with one attached hydrogen (secondary N) is 3. The van der Waals surface area contributed by atoms with Gasteiger partial charge in [-0.25, -0.2) is 9.69 Å². The summed E-state index contributed by atoms with van der Waals surface area (Å²) in [6.07, 6.45) is -0.528. The molecule has 1 unspecified atom stereocenters. The van der Waals surface area contributed by atoms with Gasteiger partial charge in [-0.05, 0) is 52.4 Å². The van der Waals surface area contributed by atoms with Crippen LogP contribution in [0, 0.1) is 0 Å². The van der Waals surface area contributed by atoms with Crippen LogP contribution in [0.1, 0.15) is 25.7 Å². The third-order valence-corrected chi connectivity index (χ3v) is 9.75. The Balaban J connectivity index is 1.19. The second-order valence-electron chi connectivity index (χ2n) is 11.9. The second-order valence-corrected chi connectivity index (χ2v) is 13.1. The van der Waals surface area contributed by atoms with Crippen LogP contribution in [0.25, 0.3) is 32.3 Å². The Morgan fingerprint density at radius 1 is 0.880 bits per heavy atom. The Kier molecular flexibility index (Phi) is 11.1. The number of benzene rings is 4. The molecule has 50 heavy (non-hydrogen) atoms. The van der Waals surface area contributed by atoms with Crippen molar-refractivity contribution in [3.63, 3.8) is 0 Å². The van der Waals surface area contributed by atoms with Crippen LogP contribution in [0.4, 0.5) is 5.69 Å². The van der Waals surface area contributed by atoms with Gasteiger partial charge in [0, 0.05) is 17.6 Å². The monoisotopic (exact) mass is 704 g/mol. The quantitative estimate of drug-likeness (QED) is 0.0628. The SMILES string of the molecule is NCCC[C@H](NC(=O)[C@@H](N)CSC1CC(=O)N(c2ccc3ccc4cccc5ccc2c3c45)C1=O)C(=O)NCC(=O)N[C@@H](CC(=O)O)C(=O)O. The lowest BCUT2D eigenvalue weighted by Crippen LogP contribution is -2.54. The van der Waals surface area contributed by atoms with Gasteiger partial charge in [0.15, 0.2) is 0 Å². The predicted octanol–water partition coefficient (Wildman–Crippen LogP) is 0.660. The fourth-order valence-corrected chi connectivity index (χ4v) is 7.08. The van der Waals surface area contributed by atoms with Gasteiger partial charge < -0.3 is 37.6 Å². The molecular formula is C34H36N6O9S. The molecule has 1 aliphatic rings. The minimum absolute atomic E-state index is 0.0460. The van der Waals surface area contributed by atoms with E-state index >= 15 is 0 Å². The van der Waals surface area contributed by atoms with Gasteiger partial charge in [0.1, 0.15) is 12.1 Å². The lowest BCUT2D eigenvalue weighted by Gasteiger charge is -2.21. The van der Waals surface area contributed by atoms with Crippen molar-refractivity contribution in [1.29, 1.82) is 0 Å². The molecule has 0 aromatic heterocycles. The van der Waals surface area contributed by atoms with Crippen molar-refractivity contribution >= 4 is 91.2 Å². The van der Waals surface area contributed by atoms with E-state index in [4.69, 9.17) is 21.7 Å². The van der Waals surface area contributed by atoms with Gasteiger partial charge in [-0.2, -0.15) is 0 Å². The molecule has 15 nitrogen and oxygen atoms in total. The van der Waals surface area contributed by atoms with Gasteiger partial charge in [-0.3, -0.25) is 28.8 Å². The lowest BCUT2D eigenvalue weighted by atomic mass is 9.93. The van der Waals surface area contributed by atoms with Crippen molar-refractivity contribution in [3.05, 3.63) is 54.6 Å². The first-order chi connectivity index (χ1) is 23.9. The molecule has 5 rings (SSSR count). The summed E-state index contributed by atoms with van der Waals surface area (Å²) in [5.74, 6) is -6.28. The van der Waals surface area contributed by atoms with Gasteiger partial charge >= 0.3 is 11.9 Å². The summed E-state index contributed by atoms with van der Waals surface area (Å²) in [6.45, 7) is -0.489. The van der Waals surface area contributed by atoms with Crippen LogP contribution in [0.5, 0.6) is 0 Å². The molecular weight excluding hydrogens is 668 g/mol. The van der Waals surface area contributed by atoms with Crippen LogP contribution in [0.15, 0.2) is 54.6 Å². The highest BCUT2D eigenvalue weighted by Crippen LogP contribution is 2.41. The van der Waals surface area contributed by atoms with Crippen molar-refractivity contribution < 1.29 is 43.8 Å². The number of imide groups is 1. The zero-order valence-electron chi connectivity index (χ0n) is 26.7.